The highest BCUT2D eigenvalue weighted by Gasteiger charge is 2.34. The van der Waals surface area contributed by atoms with E-state index >= 15 is 0 Å². The minimum absolute atomic E-state index is 0.0237. The van der Waals surface area contributed by atoms with Crippen LogP contribution in [0.15, 0.2) is 36.5 Å². The van der Waals surface area contributed by atoms with Crippen molar-refractivity contribution >= 4 is 11.6 Å². The predicted molar refractivity (Wildman–Crippen MR) is 96.5 cm³/mol. The highest BCUT2D eigenvalue weighted by Crippen LogP contribution is 2.30. The van der Waals surface area contributed by atoms with Crippen molar-refractivity contribution in [1.29, 1.82) is 0 Å². The number of carbonyl (C=O) groups excluding carboxylic acids is 1. The second-order valence-electron chi connectivity index (χ2n) is 6.98. The van der Waals surface area contributed by atoms with E-state index in [-0.39, 0.29) is 5.91 Å². The zero-order valence-corrected chi connectivity index (χ0v) is 14.9. The second kappa shape index (κ2) is 5.99. The van der Waals surface area contributed by atoms with Gasteiger partial charge in [-0.1, -0.05) is 29.8 Å². The summed E-state index contributed by atoms with van der Waals surface area (Å²) < 4.78 is 1.75. The van der Waals surface area contributed by atoms with Gasteiger partial charge in [0.15, 0.2) is 5.65 Å². The van der Waals surface area contributed by atoms with Crippen LogP contribution in [-0.2, 0) is 6.54 Å². The molecule has 3 aromatic rings. The van der Waals surface area contributed by atoms with E-state index in [1.807, 2.05) is 24.8 Å². The summed E-state index contributed by atoms with van der Waals surface area (Å²) in [6.45, 7) is 6.63. The Balaban J connectivity index is 1.69. The molecule has 0 N–H and O–H groups in total. The molecule has 0 radical (unpaired) electrons. The topological polar surface area (TPSA) is 50.5 Å². The van der Waals surface area contributed by atoms with Gasteiger partial charge >= 0.3 is 0 Å². The SMILES string of the molecule is Cc1ccc(CN(C(=O)c2cnn3c(C)cc(C)nc23)C2CC2)cc1. The molecule has 2 aromatic heterocycles. The Hall–Kier alpha value is -2.69. The summed E-state index contributed by atoms with van der Waals surface area (Å²) in [4.78, 5) is 19.8. The van der Waals surface area contributed by atoms with Gasteiger partial charge in [-0.25, -0.2) is 9.50 Å². The molecule has 5 nitrogen and oxygen atoms in total. The lowest BCUT2D eigenvalue weighted by Gasteiger charge is -2.22. The van der Waals surface area contributed by atoms with Gasteiger partial charge in [0.05, 0.1) is 6.20 Å². The summed E-state index contributed by atoms with van der Waals surface area (Å²) in [6.07, 6.45) is 3.80. The Morgan fingerprint density at radius 3 is 2.60 bits per heavy atom. The van der Waals surface area contributed by atoms with Gasteiger partial charge in [0.25, 0.3) is 5.91 Å². The quantitative estimate of drug-likeness (QED) is 0.734. The molecule has 1 saturated carbocycles. The van der Waals surface area contributed by atoms with Crippen molar-refractivity contribution in [2.24, 2.45) is 0 Å². The van der Waals surface area contributed by atoms with Crippen LogP contribution >= 0.6 is 0 Å². The van der Waals surface area contributed by atoms with Gasteiger partial charge < -0.3 is 4.90 Å². The van der Waals surface area contributed by atoms with Crippen molar-refractivity contribution < 1.29 is 4.79 Å². The van der Waals surface area contributed by atoms with Gasteiger partial charge in [-0.05, 0) is 45.2 Å². The number of benzene rings is 1. The van der Waals surface area contributed by atoms with E-state index in [2.05, 4.69) is 41.3 Å². The lowest BCUT2D eigenvalue weighted by molar-refractivity contribution is 0.0731. The summed E-state index contributed by atoms with van der Waals surface area (Å²) in [5.41, 5.74) is 5.51. The van der Waals surface area contributed by atoms with E-state index in [4.69, 9.17) is 0 Å². The van der Waals surface area contributed by atoms with E-state index in [1.165, 1.54) is 5.56 Å². The molecule has 0 saturated heterocycles. The monoisotopic (exact) mass is 334 g/mol. The van der Waals surface area contributed by atoms with Crippen molar-refractivity contribution in [3.63, 3.8) is 0 Å². The molecule has 1 amide bonds. The third kappa shape index (κ3) is 3.02. The molecule has 4 rings (SSSR count). The smallest absolute Gasteiger partial charge is 0.259 e. The standard InChI is InChI=1S/C20H22N4O/c1-13-4-6-16(7-5-13)12-23(17-8-9-17)20(25)18-11-21-24-15(3)10-14(2)22-19(18)24/h4-7,10-11,17H,8-9,12H2,1-3H3. The molecule has 0 bridgehead atoms. The van der Waals surface area contributed by atoms with E-state index < -0.39 is 0 Å². The molecule has 2 heterocycles. The third-order valence-corrected chi connectivity index (χ3v) is 4.73. The van der Waals surface area contributed by atoms with Crippen LogP contribution in [0.1, 0.15) is 45.7 Å². The Labute approximate surface area is 147 Å². The Bertz CT molecular complexity index is 938. The van der Waals surface area contributed by atoms with E-state index in [0.717, 1.165) is 29.8 Å². The molecule has 1 aliphatic rings. The molecule has 1 aromatic carbocycles. The largest absolute Gasteiger partial charge is 0.331 e. The molecular weight excluding hydrogens is 312 g/mol. The van der Waals surface area contributed by atoms with Crippen molar-refractivity contribution in [3.8, 4) is 0 Å². The summed E-state index contributed by atoms with van der Waals surface area (Å²) in [5.74, 6) is 0.0237. The molecule has 0 unspecified atom stereocenters. The van der Waals surface area contributed by atoms with Crippen LogP contribution in [-0.4, -0.2) is 31.4 Å². The molecule has 0 aliphatic heterocycles. The normalized spacial score (nSPS) is 14.0. The van der Waals surface area contributed by atoms with Crippen molar-refractivity contribution in [2.75, 3.05) is 0 Å². The molecule has 128 valence electrons. The van der Waals surface area contributed by atoms with E-state index in [1.54, 1.807) is 10.7 Å². The summed E-state index contributed by atoms with van der Waals surface area (Å²) in [7, 11) is 0. The average molecular weight is 334 g/mol. The average Bonchev–Trinajstić information content (AvgIpc) is 3.33. The van der Waals surface area contributed by atoms with Gasteiger partial charge in [-0.3, -0.25) is 4.79 Å². The first-order chi connectivity index (χ1) is 12.0. The highest BCUT2D eigenvalue weighted by atomic mass is 16.2. The van der Waals surface area contributed by atoms with Crippen LogP contribution in [0.25, 0.3) is 5.65 Å². The third-order valence-electron chi connectivity index (χ3n) is 4.73. The molecular formula is C20H22N4O. The number of rotatable bonds is 4. The summed E-state index contributed by atoms with van der Waals surface area (Å²) >= 11 is 0. The maximum Gasteiger partial charge on any atom is 0.259 e. The number of amides is 1. The van der Waals surface area contributed by atoms with Crippen LogP contribution in [0, 0.1) is 20.8 Å². The number of hydrogen-bond acceptors (Lipinski definition) is 3. The highest BCUT2D eigenvalue weighted by molar-refractivity contribution is 6.00. The molecule has 25 heavy (non-hydrogen) atoms. The van der Waals surface area contributed by atoms with Gasteiger partial charge in [0.1, 0.15) is 5.56 Å². The first-order valence-electron chi connectivity index (χ1n) is 8.71. The fourth-order valence-corrected chi connectivity index (χ4v) is 3.22. The Morgan fingerprint density at radius 1 is 1.20 bits per heavy atom. The van der Waals surface area contributed by atoms with Crippen molar-refractivity contribution in [1.82, 2.24) is 19.5 Å². The number of nitrogens with zero attached hydrogens (tertiary/aromatic N) is 4. The van der Waals surface area contributed by atoms with Gasteiger partial charge in [-0.15, -0.1) is 0 Å². The number of hydrogen-bond donors (Lipinski definition) is 0. The van der Waals surface area contributed by atoms with Crippen molar-refractivity contribution in [2.45, 2.75) is 46.2 Å². The zero-order chi connectivity index (χ0) is 17.6. The lowest BCUT2D eigenvalue weighted by atomic mass is 10.1. The zero-order valence-electron chi connectivity index (χ0n) is 14.9. The van der Waals surface area contributed by atoms with Crippen LogP contribution in [0.2, 0.25) is 0 Å². The molecule has 1 aliphatic carbocycles. The van der Waals surface area contributed by atoms with Crippen LogP contribution < -0.4 is 0 Å². The molecule has 0 atom stereocenters. The van der Waals surface area contributed by atoms with Crippen LogP contribution in [0.5, 0.6) is 0 Å². The summed E-state index contributed by atoms with van der Waals surface area (Å²) in [6, 6.07) is 10.7. The van der Waals surface area contributed by atoms with Gasteiger partial charge in [-0.2, -0.15) is 5.10 Å². The Morgan fingerprint density at radius 2 is 1.92 bits per heavy atom. The maximum atomic E-state index is 13.2. The van der Waals surface area contributed by atoms with Gasteiger partial charge in [0.2, 0.25) is 0 Å². The summed E-state index contributed by atoms with van der Waals surface area (Å²) in [5, 5.41) is 4.37. The Kier molecular flexibility index (Phi) is 3.79. The van der Waals surface area contributed by atoms with E-state index in [0.29, 0.717) is 23.8 Å². The fraction of sp³-hybridized carbons (Fsp3) is 0.350. The number of aryl methyl sites for hydroxylation is 3. The predicted octanol–water partition coefficient (Wildman–Crippen LogP) is 3.46. The second-order valence-corrected chi connectivity index (χ2v) is 6.98. The number of aromatic nitrogens is 3. The first-order valence-corrected chi connectivity index (χ1v) is 8.71. The van der Waals surface area contributed by atoms with Crippen molar-refractivity contribution in [3.05, 3.63) is 64.6 Å². The van der Waals surface area contributed by atoms with E-state index in [9.17, 15) is 4.79 Å². The molecule has 0 spiro atoms. The fourth-order valence-electron chi connectivity index (χ4n) is 3.22. The minimum Gasteiger partial charge on any atom is -0.331 e. The lowest BCUT2D eigenvalue weighted by Crippen LogP contribution is -2.32. The molecule has 1 fully saturated rings. The van der Waals surface area contributed by atoms with Crippen LogP contribution in [0.3, 0.4) is 0 Å². The van der Waals surface area contributed by atoms with Gasteiger partial charge in [0, 0.05) is 24.0 Å². The maximum absolute atomic E-state index is 13.2. The number of carbonyl (C=O) groups is 1. The van der Waals surface area contributed by atoms with Crippen LogP contribution in [0.4, 0.5) is 0 Å². The molecule has 5 heteroatoms. The first kappa shape index (κ1) is 15.8. The minimum atomic E-state index is 0.0237. The number of fused-ring (bicyclic) bond motifs is 1.